The maximum Gasteiger partial charge on any atom is 0.227 e. The van der Waals surface area contributed by atoms with Crippen molar-refractivity contribution in [1.82, 2.24) is 9.97 Å². The summed E-state index contributed by atoms with van der Waals surface area (Å²) >= 11 is 0. The monoisotopic (exact) mass is 218 g/mol. The Labute approximate surface area is 94.0 Å². The Morgan fingerprint density at radius 1 is 1.44 bits per heavy atom. The smallest absolute Gasteiger partial charge is 0.227 e. The minimum Gasteiger partial charge on any atom is -0.446 e. The average Bonchev–Trinajstić information content (AvgIpc) is 2.81. The maximum atomic E-state index is 9.97. The lowest BCUT2D eigenvalue weighted by Gasteiger charge is -2.09. The van der Waals surface area contributed by atoms with Crippen LogP contribution in [-0.2, 0) is 6.42 Å². The Bertz CT molecular complexity index is 466. The number of aryl methyl sites for hydroxylation is 2. The molecule has 0 saturated heterocycles. The van der Waals surface area contributed by atoms with Gasteiger partial charge < -0.3 is 9.52 Å². The first-order valence-corrected chi connectivity index (χ1v) is 5.25. The zero-order chi connectivity index (χ0) is 11.5. The number of hydrogen-bond donors (Lipinski definition) is 1. The highest BCUT2D eigenvalue weighted by Gasteiger charge is 2.15. The second-order valence-electron chi connectivity index (χ2n) is 3.66. The van der Waals surface area contributed by atoms with Crippen LogP contribution in [-0.4, -0.2) is 15.1 Å². The van der Waals surface area contributed by atoms with Gasteiger partial charge in [0, 0.05) is 17.5 Å². The molecule has 0 radical (unpaired) electrons. The molecule has 0 amide bonds. The van der Waals surface area contributed by atoms with Crippen LogP contribution in [0.2, 0.25) is 0 Å². The molecule has 4 heteroatoms. The number of oxazole rings is 1. The van der Waals surface area contributed by atoms with Crippen molar-refractivity contribution in [2.24, 2.45) is 0 Å². The largest absolute Gasteiger partial charge is 0.446 e. The van der Waals surface area contributed by atoms with Gasteiger partial charge in [-0.2, -0.15) is 0 Å². The van der Waals surface area contributed by atoms with Gasteiger partial charge in [-0.15, -0.1) is 0 Å². The number of pyridine rings is 1. The van der Waals surface area contributed by atoms with Gasteiger partial charge in [-0.3, -0.25) is 4.98 Å². The molecule has 4 nitrogen and oxygen atoms in total. The third-order valence-corrected chi connectivity index (χ3v) is 2.54. The van der Waals surface area contributed by atoms with Gasteiger partial charge in [0.25, 0.3) is 0 Å². The second kappa shape index (κ2) is 4.45. The summed E-state index contributed by atoms with van der Waals surface area (Å²) in [6, 6.07) is 1.92. The highest BCUT2D eigenvalue weighted by atomic mass is 16.4. The van der Waals surface area contributed by atoms with E-state index in [1.807, 2.05) is 13.0 Å². The summed E-state index contributed by atoms with van der Waals surface area (Å²) in [6.45, 7) is 4.04. The molecular weight excluding hydrogens is 204 g/mol. The number of aliphatic hydroxyl groups is 1. The molecule has 1 unspecified atom stereocenters. The van der Waals surface area contributed by atoms with Gasteiger partial charge in [-0.05, 0) is 25.0 Å². The van der Waals surface area contributed by atoms with Crippen LogP contribution < -0.4 is 0 Å². The molecule has 2 rings (SSSR count). The predicted octanol–water partition coefficient (Wildman–Crippen LogP) is 2.02. The normalized spacial score (nSPS) is 12.7. The van der Waals surface area contributed by atoms with Gasteiger partial charge in [-0.25, -0.2) is 4.98 Å². The van der Waals surface area contributed by atoms with Crippen molar-refractivity contribution >= 4 is 0 Å². The summed E-state index contributed by atoms with van der Waals surface area (Å²) in [7, 11) is 0. The van der Waals surface area contributed by atoms with E-state index in [1.54, 1.807) is 6.20 Å². The number of aliphatic hydroxyl groups excluding tert-OH is 1. The molecular formula is C12H14N2O2. The lowest BCUT2D eigenvalue weighted by molar-refractivity contribution is 0.182. The predicted molar refractivity (Wildman–Crippen MR) is 58.9 cm³/mol. The molecule has 0 aliphatic heterocycles. The zero-order valence-corrected chi connectivity index (χ0v) is 9.34. The Morgan fingerprint density at radius 3 is 2.81 bits per heavy atom. The van der Waals surface area contributed by atoms with Crippen LogP contribution in [0, 0.1) is 6.92 Å². The first-order chi connectivity index (χ1) is 7.72. The van der Waals surface area contributed by atoms with Crippen molar-refractivity contribution in [2.75, 3.05) is 0 Å². The number of hydrogen-bond acceptors (Lipinski definition) is 4. The quantitative estimate of drug-likeness (QED) is 0.856. The molecule has 0 bridgehead atoms. The highest BCUT2D eigenvalue weighted by molar-refractivity contribution is 5.27. The molecule has 1 atom stereocenters. The van der Waals surface area contributed by atoms with E-state index in [9.17, 15) is 5.11 Å². The average molecular weight is 218 g/mol. The van der Waals surface area contributed by atoms with E-state index in [2.05, 4.69) is 16.9 Å². The molecule has 0 aliphatic rings. The molecule has 2 aromatic rings. The highest BCUT2D eigenvalue weighted by Crippen LogP contribution is 2.21. The van der Waals surface area contributed by atoms with Gasteiger partial charge >= 0.3 is 0 Å². The number of rotatable bonds is 3. The third kappa shape index (κ3) is 1.97. The van der Waals surface area contributed by atoms with Gasteiger partial charge in [0.1, 0.15) is 6.26 Å². The van der Waals surface area contributed by atoms with Gasteiger partial charge in [0.05, 0.1) is 6.20 Å². The SMILES string of the molecule is CCc1ncc(C(O)c2ncco2)cc1C. The number of nitrogens with zero attached hydrogens (tertiary/aromatic N) is 2. The van der Waals surface area contributed by atoms with Crippen LogP contribution in [0.25, 0.3) is 0 Å². The Morgan fingerprint density at radius 2 is 2.25 bits per heavy atom. The first kappa shape index (κ1) is 10.8. The lowest BCUT2D eigenvalue weighted by atomic mass is 10.1. The fourth-order valence-corrected chi connectivity index (χ4v) is 1.66. The lowest BCUT2D eigenvalue weighted by Crippen LogP contribution is -2.03. The Kier molecular flexibility index (Phi) is 3.01. The van der Waals surface area contributed by atoms with E-state index in [0.29, 0.717) is 11.5 Å². The molecule has 0 aromatic carbocycles. The Balaban J connectivity index is 2.31. The van der Waals surface area contributed by atoms with E-state index in [1.165, 1.54) is 12.5 Å². The zero-order valence-electron chi connectivity index (χ0n) is 9.34. The minimum absolute atomic E-state index is 0.297. The molecule has 16 heavy (non-hydrogen) atoms. The van der Waals surface area contributed by atoms with E-state index < -0.39 is 6.10 Å². The summed E-state index contributed by atoms with van der Waals surface area (Å²) in [6.07, 6.45) is 4.67. The van der Waals surface area contributed by atoms with Crippen LogP contribution in [0.15, 0.2) is 29.1 Å². The van der Waals surface area contributed by atoms with Crippen molar-refractivity contribution in [1.29, 1.82) is 0 Å². The molecule has 1 N–H and O–H groups in total. The molecule has 0 aliphatic carbocycles. The summed E-state index contributed by atoms with van der Waals surface area (Å²) in [5, 5.41) is 9.97. The molecule has 84 valence electrons. The topological polar surface area (TPSA) is 59.2 Å². The van der Waals surface area contributed by atoms with Crippen LogP contribution >= 0.6 is 0 Å². The standard InChI is InChI=1S/C12H14N2O2/c1-3-10-8(2)6-9(7-14-10)11(15)12-13-4-5-16-12/h4-7,11,15H,3H2,1-2H3. The van der Waals surface area contributed by atoms with Crippen molar-refractivity contribution in [2.45, 2.75) is 26.4 Å². The number of aromatic nitrogens is 2. The fourth-order valence-electron chi connectivity index (χ4n) is 1.66. The second-order valence-corrected chi connectivity index (χ2v) is 3.66. The van der Waals surface area contributed by atoms with Crippen molar-refractivity contribution in [3.8, 4) is 0 Å². The van der Waals surface area contributed by atoms with E-state index in [0.717, 1.165) is 17.7 Å². The molecule has 0 saturated carbocycles. The molecule has 0 spiro atoms. The first-order valence-electron chi connectivity index (χ1n) is 5.25. The third-order valence-electron chi connectivity index (χ3n) is 2.54. The summed E-state index contributed by atoms with van der Waals surface area (Å²) in [4.78, 5) is 8.22. The fraction of sp³-hybridized carbons (Fsp3) is 0.333. The molecule has 2 heterocycles. The van der Waals surface area contributed by atoms with Crippen LogP contribution in [0.4, 0.5) is 0 Å². The summed E-state index contributed by atoms with van der Waals surface area (Å²) < 4.78 is 5.06. The molecule has 0 fully saturated rings. The van der Waals surface area contributed by atoms with E-state index in [4.69, 9.17) is 4.42 Å². The van der Waals surface area contributed by atoms with Crippen LogP contribution in [0.5, 0.6) is 0 Å². The Hall–Kier alpha value is -1.68. The van der Waals surface area contributed by atoms with E-state index >= 15 is 0 Å². The van der Waals surface area contributed by atoms with Gasteiger partial charge in [-0.1, -0.05) is 6.92 Å². The molecule has 2 aromatic heterocycles. The van der Waals surface area contributed by atoms with Crippen molar-refractivity contribution in [3.63, 3.8) is 0 Å². The van der Waals surface area contributed by atoms with Gasteiger partial charge in [0.2, 0.25) is 5.89 Å². The van der Waals surface area contributed by atoms with Gasteiger partial charge in [0.15, 0.2) is 6.10 Å². The van der Waals surface area contributed by atoms with Crippen LogP contribution in [0.1, 0.15) is 35.7 Å². The van der Waals surface area contributed by atoms with E-state index in [-0.39, 0.29) is 0 Å². The summed E-state index contributed by atoms with van der Waals surface area (Å²) in [5.41, 5.74) is 2.83. The maximum absolute atomic E-state index is 9.97. The van der Waals surface area contributed by atoms with Crippen molar-refractivity contribution in [3.05, 3.63) is 47.4 Å². The minimum atomic E-state index is -0.841. The summed E-state index contributed by atoms with van der Waals surface area (Å²) in [5.74, 6) is 0.297. The van der Waals surface area contributed by atoms with Crippen molar-refractivity contribution < 1.29 is 9.52 Å². The van der Waals surface area contributed by atoms with Crippen LogP contribution in [0.3, 0.4) is 0 Å².